The molecule has 2 N–H and O–H groups in total. The number of nitrogens with two attached hydrogens (primary N) is 1. The molecule has 0 amide bonds. The summed E-state index contributed by atoms with van der Waals surface area (Å²) in [5.41, 5.74) is 5.46. The van der Waals surface area contributed by atoms with Crippen LogP contribution in [0.5, 0.6) is 0 Å². The molecule has 0 saturated carbocycles. The van der Waals surface area contributed by atoms with Crippen molar-refractivity contribution in [3.05, 3.63) is 0 Å². The SMILES string of the molecule is Nc1nnc(N2CCCC2)s1. The van der Waals surface area contributed by atoms with Crippen molar-refractivity contribution in [2.75, 3.05) is 23.7 Å². The van der Waals surface area contributed by atoms with E-state index >= 15 is 0 Å². The van der Waals surface area contributed by atoms with Gasteiger partial charge >= 0.3 is 0 Å². The number of nitrogens with zero attached hydrogens (tertiary/aromatic N) is 3. The molecule has 1 aliphatic rings. The average molecular weight is 170 g/mol. The van der Waals surface area contributed by atoms with Crippen molar-refractivity contribution in [2.24, 2.45) is 0 Å². The molecule has 0 radical (unpaired) electrons. The number of aromatic nitrogens is 2. The summed E-state index contributed by atoms with van der Waals surface area (Å²) in [5.74, 6) is 0. The Balaban J connectivity index is 2.15. The van der Waals surface area contributed by atoms with Crippen LogP contribution in [-0.2, 0) is 0 Å². The zero-order valence-electron chi connectivity index (χ0n) is 6.16. The van der Waals surface area contributed by atoms with Crippen LogP contribution >= 0.6 is 11.3 Å². The second kappa shape index (κ2) is 2.65. The molecule has 1 fully saturated rings. The summed E-state index contributed by atoms with van der Waals surface area (Å²) < 4.78 is 0. The molecule has 60 valence electrons. The minimum absolute atomic E-state index is 0.562. The van der Waals surface area contributed by atoms with E-state index in [2.05, 4.69) is 15.1 Å². The fourth-order valence-electron chi connectivity index (χ4n) is 1.26. The molecular formula is C6H10N4S. The van der Waals surface area contributed by atoms with E-state index in [9.17, 15) is 0 Å². The Hall–Kier alpha value is -0.840. The minimum Gasteiger partial charge on any atom is -0.374 e. The van der Waals surface area contributed by atoms with E-state index in [0.717, 1.165) is 18.2 Å². The molecule has 1 aromatic rings. The predicted octanol–water partition coefficient (Wildman–Crippen LogP) is 0.720. The molecule has 0 aliphatic carbocycles. The highest BCUT2D eigenvalue weighted by Crippen LogP contribution is 2.24. The van der Waals surface area contributed by atoms with Crippen molar-refractivity contribution in [2.45, 2.75) is 12.8 Å². The quantitative estimate of drug-likeness (QED) is 0.674. The predicted molar refractivity (Wildman–Crippen MR) is 45.8 cm³/mol. The highest BCUT2D eigenvalue weighted by atomic mass is 32.1. The lowest BCUT2D eigenvalue weighted by atomic mass is 10.4. The lowest BCUT2D eigenvalue weighted by Crippen LogP contribution is -2.17. The summed E-state index contributed by atoms with van der Waals surface area (Å²) in [5, 5.41) is 9.27. The van der Waals surface area contributed by atoms with Gasteiger partial charge in [0.15, 0.2) is 0 Å². The third kappa shape index (κ3) is 1.28. The molecular weight excluding hydrogens is 160 g/mol. The fourth-order valence-corrected chi connectivity index (χ4v) is 1.92. The van der Waals surface area contributed by atoms with E-state index in [1.165, 1.54) is 24.2 Å². The Bertz CT molecular complexity index is 240. The van der Waals surface area contributed by atoms with Crippen molar-refractivity contribution >= 4 is 21.6 Å². The van der Waals surface area contributed by atoms with Crippen LogP contribution < -0.4 is 10.6 Å². The molecule has 0 unspecified atom stereocenters. The van der Waals surface area contributed by atoms with Gasteiger partial charge in [-0.3, -0.25) is 0 Å². The van der Waals surface area contributed by atoms with Gasteiger partial charge in [0.05, 0.1) is 0 Å². The first kappa shape index (κ1) is 6.84. The smallest absolute Gasteiger partial charge is 0.209 e. The Morgan fingerprint density at radius 2 is 2.00 bits per heavy atom. The van der Waals surface area contributed by atoms with Gasteiger partial charge in [-0.25, -0.2) is 0 Å². The van der Waals surface area contributed by atoms with Gasteiger partial charge in [0, 0.05) is 13.1 Å². The van der Waals surface area contributed by atoms with Gasteiger partial charge in [-0.2, -0.15) is 0 Å². The molecule has 0 atom stereocenters. The third-order valence-corrected chi connectivity index (χ3v) is 2.62. The number of hydrogen-bond acceptors (Lipinski definition) is 5. The first-order valence-corrected chi connectivity index (χ1v) is 4.52. The first-order chi connectivity index (χ1) is 5.36. The van der Waals surface area contributed by atoms with Crippen LogP contribution in [0.3, 0.4) is 0 Å². The maximum Gasteiger partial charge on any atom is 0.209 e. The van der Waals surface area contributed by atoms with Crippen molar-refractivity contribution < 1.29 is 0 Å². The van der Waals surface area contributed by atoms with Gasteiger partial charge in [-0.15, -0.1) is 10.2 Å². The Kier molecular flexibility index (Phi) is 1.65. The van der Waals surface area contributed by atoms with Gasteiger partial charge in [-0.1, -0.05) is 11.3 Å². The zero-order valence-corrected chi connectivity index (χ0v) is 6.97. The summed E-state index contributed by atoms with van der Waals surface area (Å²) in [6, 6.07) is 0. The van der Waals surface area contributed by atoms with Crippen molar-refractivity contribution in [3.8, 4) is 0 Å². The summed E-state index contributed by atoms with van der Waals surface area (Å²) >= 11 is 1.47. The zero-order chi connectivity index (χ0) is 7.68. The molecule has 0 aromatic carbocycles. The molecule has 4 nitrogen and oxygen atoms in total. The average Bonchev–Trinajstić information content (AvgIpc) is 2.55. The molecule has 2 rings (SSSR count). The standard InChI is InChI=1S/C6H10N4S/c7-5-8-9-6(11-5)10-3-1-2-4-10/h1-4H2,(H2,7,8). The van der Waals surface area contributed by atoms with E-state index in [4.69, 9.17) is 5.73 Å². The molecule has 2 heterocycles. The number of rotatable bonds is 1. The van der Waals surface area contributed by atoms with E-state index in [1.807, 2.05) is 0 Å². The number of nitrogen functional groups attached to an aromatic ring is 1. The summed E-state index contributed by atoms with van der Waals surface area (Å²) in [4.78, 5) is 2.23. The first-order valence-electron chi connectivity index (χ1n) is 3.70. The van der Waals surface area contributed by atoms with Crippen LogP contribution in [0.15, 0.2) is 0 Å². The molecule has 0 bridgehead atoms. The van der Waals surface area contributed by atoms with Crippen LogP contribution in [0.2, 0.25) is 0 Å². The normalized spacial score (nSPS) is 17.6. The van der Waals surface area contributed by atoms with Crippen LogP contribution in [0, 0.1) is 0 Å². The fraction of sp³-hybridized carbons (Fsp3) is 0.667. The second-order valence-electron chi connectivity index (χ2n) is 2.62. The van der Waals surface area contributed by atoms with Crippen molar-refractivity contribution in [1.82, 2.24) is 10.2 Å². The van der Waals surface area contributed by atoms with E-state index < -0.39 is 0 Å². The van der Waals surface area contributed by atoms with Crippen LogP contribution in [0.4, 0.5) is 10.3 Å². The van der Waals surface area contributed by atoms with Crippen molar-refractivity contribution in [3.63, 3.8) is 0 Å². The van der Waals surface area contributed by atoms with Crippen molar-refractivity contribution in [1.29, 1.82) is 0 Å². The van der Waals surface area contributed by atoms with Gasteiger partial charge in [0.2, 0.25) is 10.3 Å². The summed E-state index contributed by atoms with van der Waals surface area (Å²) in [6.07, 6.45) is 2.53. The molecule has 1 saturated heterocycles. The lowest BCUT2D eigenvalue weighted by molar-refractivity contribution is 0.929. The molecule has 1 aromatic heterocycles. The number of anilines is 2. The van der Waals surface area contributed by atoms with Crippen LogP contribution in [0.1, 0.15) is 12.8 Å². The summed E-state index contributed by atoms with van der Waals surface area (Å²) in [6.45, 7) is 2.21. The van der Waals surface area contributed by atoms with Gasteiger partial charge in [-0.05, 0) is 12.8 Å². The van der Waals surface area contributed by atoms with Gasteiger partial charge in [0.1, 0.15) is 0 Å². The maximum absolute atomic E-state index is 5.46. The summed E-state index contributed by atoms with van der Waals surface area (Å²) in [7, 11) is 0. The number of hydrogen-bond donors (Lipinski definition) is 1. The highest BCUT2D eigenvalue weighted by molar-refractivity contribution is 7.18. The Labute approximate surface area is 69.0 Å². The van der Waals surface area contributed by atoms with Crippen LogP contribution in [0.25, 0.3) is 0 Å². The second-order valence-corrected chi connectivity index (χ2v) is 3.60. The Morgan fingerprint density at radius 3 is 2.55 bits per heavy atom. The lowest BCUT2D eigenvalue weighted by Gasteiger charge is -2.10. The molecule has 1 aliphatic heterocycles. The maximum atomic E-state index is 5.46. The third-order valence-electron chi connectivity index (χ3n) is 1.81. The molecule has 0 spiro atoms. The Morgan fingerprint density at radius 1 is 1.27 bits per heavy atom. The van der Waals surface area contributed by atoms with Gasteiger partial charge < -0.3 is 10.6 Å². The monoisotopic (exact) mass is 170 g/mol. The van der Waals surface area contributed by atoms with E-state index in [0.29, 0.717) is 5.13 Å². The topological polar surface area (TPSA) is 55.0 Å². The van der Waals surface area contributed by atoms with E-state index in [1.54, 1.807) is 0 Å². The van der Waals surface area contributed by atoms with Crippen LogP contribution in [-0.4, -0.2) is 23.3 Å². The van der Waals surface area contributed by atoms with Gasteiger partial charge in [0.25, 0.3) is 0 Å². The molecule has 5 heteroatoms. The highest BCUT2D eigenvalue weighted by Gasteiger charge is 2.15. The van der Waals surface area contributed by atoms with E-state index in [-0.39, 0.29) is 0 Å². The molecule has 11 heavy (non-hydrogen) atoms. The largest absolute Gasteiger partial charge is 0.374 e. The minimum atomic E-state index is 0.562.